The number of aryl methyl sites for hydroxylation is 1. The van der Waals surface area contributed by atoms with Crippen LogP contribution in [0.4, 0.5) is 0 Å². The number of hydrogen-bond donors (Lipinski definition) is 2. The summed E-state index contributed by atoms with van der Waals surface area (Å²) in [6, 6.07) is 1.92. The van der Waals surface area contributed by atoms with Crippen molar-refractivity contribution >= 4 is 34.3 Å². The van der Waals surface area contributed by atoms with Crippen LogP contribution in [0.3, 0.4) is 0 Å². The standard InChI is InChI=1S/C10H12ClN3S2/c1-6-13-7(5-16-6)4-9(14-12)10-8(11)2-3-15-10/h2-3,5,9,14H,4,12H2,1H3. The molecule has 86 valence electrons. The maximum atomic E-state index is 6.08. The lowest BCUT2D eigenvalue weighted by molar-refractivity contribution is 0.555. The first-order chi connectivity index (χ1) is 7.70. The molecule has 0 saturated carbocycles. The summed E-state index contributed by atoms with van der Waals surface area (Å²) in [4.78, 5) is 5.49. The van der Waals surface area contributed by atoms with Gasteiger partial charge in [0, 0.05) is 16.7 Å². The molecule has 0 radical (unpaired) electrons. The lowest BCUT2D eigenvalue weighted by atomic mass is 10.1. The minimum Gasteiger partial charge on any atom is -0.271 e. The highest BCUT2D eigenvalue weighted by Crippen LogP contribution is 2.30. The number of thiazole rings is 1. The topological polar surface area (TPSA) is 50.9 Å². The number of nitrogens with zero attached hydrogens (tertiary/aromatic N) is 1. The van der Waals surface area contributed by atoms with Gasteiger partial charge in [0.2, 0.25) is 0 Å². The Morgan fingerprint density at radius 1 is 1.56 bits per heavy atom. The summed E-state index contributed by atoms with van der Waals surface area (Å²) in [5.41, 5.74) is 3.84. The molecule has 2 aromatic rings. The predicted molar refractivity (Wildman–Crippen MR) is 69.9 cm³/mol. The van der Waals surface area contributed by atoms with Crippen molar-refractivity contribution < 1.29 is 0 Å². The Labute approximate surface area is 107 Å². The van der Waals surface area contributed by atoms with Gasteiger partial charge in [-0.2, -0.15) is 0 Å². The number of halogens is 1. The highest BCUT2D eigenvalue weighted by molar-refractivity contribution is 7.10. The average molecular weight is 274 g/mol. The normalized spacial score (nSPS) is 12.9. The molecule has 1 unspecified atom stereocenters. The Kier molecular flexibility index (Phi) is 3.94. The monoisotopic (exact) mass is 273 g/mol. The molecule has 6 heteroatoms. The van der Waals surface area contributed by atoms with Gasteiger partial charge in [0.25, 0.3) is 0 Å². The Morgan fingerprint density at radius 3 is 2.88 bits per heavy atom. The summed E-state index contributed by atoms with van der Waals surface area (Å²) in [7, 11) is 0. The maximum Gasteiger partial charge on any atom is 0.0897 e. The van der Waals surface area contributed by atoms with Crippen LogP contribution in [0.25, 0.3) is 0 Å². The van der Waals surface area contributed by atoms with Crippen LogP contribution in [-0.2, 0) is 6.42 Å². The van der Waals surface area contributed by atoms with Gasteiger partial charge in [-0.3, -0.25) is 11.3 Å². The van der Waals surface area contributed by atoms with E-state index in [0.29, 0.717) is 0 Å². The van der Waals surface area contributed by atoms with Crippen molar-refractivity contribution in [2.75, 3.05) is 0 Å². The quantitative estimate of drug-likeness (QED) is 0.665. The lowest BCUT2D eigenvalue weighted by Crippen LogP contribution is -2.29. The van der Waals surface area contributed by atoms with Crippen molar-refractivity contribution in [3.63, 3.8) is 0 Å². The number of thiophene rings is 1. The second-order valence-corrected chi connectivity index (χ2v) is 5.83. The van der Waals surface area contributed by atoms with Crippen LogP contribution in [0.5, 0.6) is 0 Å². The van der Waals surface area contributed by atoms with E-state index in [4.69, 9.17) is 17.4 Å². The van der Waals surface area contributed by atoms with Crippen molar-refractivity contribution in [1.82, 2.24) is 10.4 Å². The van der Waals surface area contributed by atoms with Gasteiger partial charge in [-0.1, -0.05) is 11.6 Å². The molecule has 2 aromatic heterocycles. The van der Waals surface area contributed by atoms with Gasteiger partial charge in [-0.25, -0.2) is 4.98 Å². The first-order valence-corrected chi connectivity index (χ1v) is 6.94. The molecule has 3 N–H and O–H groups in total. The summed E-state index contributed by atoms with van der Waals surface area (Å²) >= 11 is 9.34. The fourth-order valence-electron chi connectivity index (χ4n) is 1.49. The summed E-state index contributed by atoms with van der Waals surface area (Å²) in [5.74, 6) is 5.56. The van der Waals surface area contributed by atoms with E-state index in [2.05, 4.69) is 15.8 Å². The zero-order chi connectivity index (χ0) is 11.5. The van der Waals surface area contributed by atoms with Crippen molar-refractivity contribution in [3.8, 4) is 0 Å². The molecular formula is C10H12ClN3S2. The van der Waals surface area contributed by atoms with Gasteiger partial charge >= 0.3 is 0 Å². The van der Waals surface area contributed by atoms with Crippen LogP contribution in [0.2, 0.25) is 5.02 Å². The second-order valence-electron chi connectivity index (χ2n) is 3.41. The molecule has 0 bridgehead atoms. The third-order valence-electron chi connectivity index (χ3n) is 2.24. The maximum absolute atomic E-state index is 6.08. The number of aromatic nitrogens is 1. The zero-order valence-corrected chi connectivity index (χ0v) is 11.1. The fourth-order valence-corrected chi connectivity index (χ4v) is 3.37. The van der Waals surface area contributed by atoms with Crippen molar-refractivity contribution in [1.29, 1.82) is 0 Å². The summed E-state index contributed by atoms with van der Waals surface area (Å²) in [5, 5.41) is 5.86. The molecule has 0 aliphatic heterocycles. The van der Waals surface area contributed by atoms with Crippen LogP contribution in [-0.4, -0.2) is 4.98 Å². The zero-order valence-electron chi connectivity index (χ0n) is 8.74. The molecule has 0 saturated heterocycles. The first kappa shape index (κ1) is 12.0. The van der Waals surface area contributed by atoms with E-state index < -0.39 is 0 Å². The molecule has 2 rings (SSSR count). The fraction of sp³-hybridized carbons (Fsp3) is 0.300. The van der Waals surface area contributed by atoms with E-state index in [1.165, 1.54) is 0 Å². The van der Waals surface area contributed by atoms with Crippen LogP contribution < -0.4 is 11.3 Å². The number of nitrogens with one attached hydrogen (secondary N) is 1. The SMILES string of the molecule is Cc1nc(CC(NN)c2sccc2Cl)cs1. The third kappa shape index (κ3) is 2.61. The van der Waals surface area contributed by atoms with Crippen LogP contribution in [0, 0.1) is 6.92 Å². The van der Waals surface area contributed by atoms with Gasteiger partial charge in [0.05, 0.1) is 21.8 Å². The van der Waals surface area contributed by atoms with E-state index in [9.17, 15) is 0 Å². The van der Waals surface area contributed by atoms with Gasteiger partial charge in [-0.15, -0.1) is 22.7 Å². The molecule has 0 aliphatic carbocycles. The number of rotatable bonds is 4. The molecule has 1 atom stereocenters. The van der Waals surface area contributed by atoms with E-state index >= 15 is 0 Å². The van der Waals surface area contributed by atoms with Crippen molar-refractivity contribution in [2.45, 2.75) is 19.4 Å². The molecule has 0 aromatic carbocycles. The largest absolute Gasteiger partial charge is 0.271 e. The van der Waals surface area contributed by atoms with Crippen molar-refractivity contribution in [2.24, 2.45) is 5.84 Å². The van der Waals surface area contributed by atoms with Crippen LogP contribution in [0.1, 0.15) is 21.6 Å². The van der Waals surface area contributed by atoms with Gasteiger partial charge < -0.3 is 0 Å². The summed E-state index contributed by atoms with van der Waals surface area (Å²) in [6.07, 6.45) is 0.765. The van der Waals surface area contributed by atoms with Crippen molar-refractivity contribution in [3.05, 3.63) is 37.4 Å². The van der Waals surface area contributed by atoms with Crippen LogP contribution in [0.15, 0.2) is 16.8 Å². The molecule has 0 fully saturated rings. The smallest absolute Gasteiger partial charge is 0.0897 e. The van der Waals surface area contributed by atoms with E-state index in [0.717, 1.165) is 27.0 Å². The molecule has 0 amide bonds. The Balaban J connectivity index is 2.15. The molecule has 3 nitrogen and oxygen atoms in total. The molecule has 16 heavy (non-hydrogen) atoms. The van der Waals surface area contributed by atoms with E-state index in [1.54, 1.807) is 22.7 Å². The Hall–Kier alpha value is -0.460. The van der Waals surface area contributed by atoms with E-state index in [-0.39, 0.29) is 6.04 Å². The molecule has 0 spiro atoms. The number of nitrogens with two attached hydrogens (primary N) is 1. The number of hydrazine groups is 1. The molecule has 0 aliphatic rings. The van der Waals surface area contributed by atoms with Gasteiger partial charge in [0.15, 0.2) is 0 Å². The second kappa shape index (κ2) is 5.25. The van der Waals surface area contributed by atoms with E-state index in [1.807, 2.05) is 18.4 Å². The van der Waals surface area contributed by atoms with Crippen LogP contribution >= 0.6 is 34.3 Å². The number of hydrogen-bond acceptors (Lipinski definition) is 5. The highest BCUT2D eigenvalue weighted by Gasteiger charge is 2.16. The first-order valence-electron chi connectivity index (χ1n) is 4.80. The average Bonchev–Trinajstić information content (AvgIpc) is 2.84. The van der Waals surface area contributed by atoms with Gasteiger partial charge in [-0.05, 0) is 18.4 Å². The minimum absolute atomic E-state index is 0.0361. The molecular weight excluding hydrogens is 262 g/mol. The summed E-state index contributed by atoms with van der Waals surface area (Å²) < 4.78 is 0. The Morgan fingerprint density at radius 2 is 2.38 bits per heavy atom. The Bertz CT molecular complexity index is 466. The summed E-state index contributed by atoms with van der Waals surface area (Å²) in [6.45, 7) is 2.00. The molecule has 2 heterocycles. The minimum atomic E-state index is 0.0361. The lowest BCUT2D eigenvalue weighted by Gasteiger charge is -2.13. The van der Waals surface area contributed by atoms with Gasteiger partial charge in [0.1, 0.15) is 0 Å². The third-order valence-corrected chi connectivity index (χ3v) is 4.54. The highest BCUT2D eigenvalue weighted by atomic mass is 35.5. The predicted octanol–water partition coefficient (Wildman–Crippen LogP) is 2.91.